The first-order chi connectivity index (χ1) is 13.0. The number of rotatable bonds is 6. The Labute approximate surface area is 160 Å². The van der Waals surface area contributed by atoms with Crippen molar-refractivity contribution in [1.29, 1.82) is 0 Å². The van der Waals surface area contributed by atoms with Crippen molar-refractivity contribution >= 4 is 17.5 Å². The number of nitrogens with one attached hydrogen (secondary N) is 2. The van der Waals surface area contributed by atoms with Gasteiger partial charge in [-0.05, 0) is 56.7 Å². The van der Waals surface area contributed by atoms with Gasteiger partial charge in [0.25, 0.3) is 11.8 Å². The number of hydrogen-bond acceptors (Lipinski definition) is 3. The van der Waals surface area contributed by atoms with Gasteiger partial charge in [0, 0.05) is 18.8 Å². The summed E-state index contributed by atoms with van der Waals surface area (Å²) in [7, 11) is 0. The summed E-state index contributed by atoms with van der Waals surface area (Å²) < 4.78 is 1.92. The molecule has 0 radical (unpaired) electrons. The Hall–Kier alpha value is -2.63. The molecule has 1 aliphatic rings. The molecule has 1 aliphatic heterocycles. The molecule has 2 heterocycles. The Kier molecular flexibility index (Phi) is 5.94. The highest BCUT2D eigenvalue weighted by Gasteiger charge is 2.27. The Morgan fingerprint density at radius 1 is 1.19 bits per heavy atom. The summed E-state index contributed by atoms with van der Waals surface area (Å²) in [5.41, 5.74) is 4.10. The highest BCUT2D eigenvalue weighted by atomic mass is 16.2. The summed E-state index contributed by atoms with van der Waals surface area (Å²) in [4.78, 5) is 29.9. The van der Waals surface area contributed by atoms with Gasteiger partial charge in [-0.25, -0.2) is 4.98 Å². The van der Waals surface area contributed by atoms with E-state index in [0.717, 1.165) is 61.2 Å². The molecule has 2 N–H and O–H groups in total. The number of nitrogens with zero attached hydrogens (tertiary/aromatic N) is 2. The summed E-state index contributed by atoms with van der Waals surface area (Å²) >= 11 is 0. The maximum Gasteiger partial charge on any atom is 0.287 e. The SMILES string of the molecule is CCCCNC(=O)c1nc(C(=O)Nc2cc(C)ccc2C)c2n1CCCC2. The molecule has 0 fully saturated rings. The fourth-order valence-electron chi connectivity index (χ4n) is 3.41. The highest BCUT2D eigenvalue weighted by molar-refractivity contribution is 6.05. The molecule has 0 saturated carbocycles. The van der Waals surface area contributed by atoms with Crippen LogP contribution in [0.1, 0.15) is 70.5 Å². The van der Waals surface area contributed by atoms with Gasteiger partial charge < -0.3 is 15.2 Å². The Morgan fingerprint density at radius 3 is 2.78 bits per heavy atom. The minimum atomic E-state index is -0.248. The quantitative estimate of drug-likeness (QED) is 0.765. The maximum atomic E-state index is 12.9. The Morgan fingerprint density at radius 2 is 2.00 bits per heavy atom. The van der Waals surface area contributed by atoms with Crippen molar-refractivity contribution in [3.05, 3.63) is 46.5 Å². The fourth-order valence-corrected chi connectivity index (χ4v) is 3.41. The van der Waals surface area contributed by atoms with E-state index in [-0.39, 0.29) is 11.8 Å². The number of hydrogen-bond donors (Lipinski definition) is 2. The van der Waals surface area contributed by atoms with Gasteiger partial charge in [0.15, 0.2) is 11.5 Å². The minimum absolute atomic E-state index is 0.197. The van der Waals surface area contributed by atoms with Crippen LogP contribution in [0.15, 0.2) is 18.2 Å². The van der Waals surface area contributed by atoms with E-state index < -0.39 is 0 Å². The molecule has 0 bridgehead atoms. The van der Waals surface area contributed by atoms with E-state index in [0.29, 0.717) is 18.1 Å². The topological polar surface area (TPSA) is 76.0 Å². The number of carbonyl (C=O) groups excluding carboxylic acids is 2. The van der Waals surface area contributed by atoms with Gasteiger partial charge in [-0.1, -0.05) is 25.5 Å². The van der Waals surface area contributed by atoms with Crippen LogP contribution in [0, 0.1) is 13.8 Å². The number of anilines is 1. The lowest BCUT2D eigenvalue weighted by Gasteiger charge is -2.17. The zero-order chi connectivity index (χ0) is 19.4. The van der Waals surface area contributed by atoms with Crippen LogP contribution in [0.5, 0.6) is 0 Å². The van der Waals surface area contributed by atoms with Crippen molar-refractivity contribution in [2.45, 2.75) is 59.4 Å². The second-order valence-electron chi connectivity index (χ2n) is 7.22. The molecule has 0 saturated heterocycles. The molecule has 2 aromatic rings. The third-order valence-electron chi connectivity index (χ3n) is 4.99. The lowest BCUT2D eigenvalue weighted by Crippen LogP contribution is -2.28. The summed E-state index contributed by atoms with van der Waals surface area (Å²) in [6.45, 7) is 7.40. The molecular formula is C21H28N4O2. The monoisotopic (exact) mass is 368 g/mol. The number of amides is 2. The molecule has 0 spiro atoms. The molecule has 2 amide bonds. The zero-order valence-electron chi connectivity index (χ0n) is 16.4. The molecule has 144 valence electrons. The molecule has 3 rings (SSSR count). The third kappa shape index (κ3) is 4.21. The normalized spacial score (nSPS) is 13.1. The second kappa shape index (κ2) is 8.37. The van der Waals surface area contributed by atoms with E-state index in [1.807, 2.05) is 36.6 Å². The predicted octanol–water partition coefficient (Wildman–Crippen LogP) is 3.62. The van der Waals surface area contributed by atoms with E-state index in [1.54, 1.807) is 0 Å². The minimum Gasteiger partial charge on any atom is -0.349 e. The second-order valence-corrected chi connectivity index (χ2v) is 7.22. The molecule has 6 nitrogen and oxygen atoms in total. The van der Waals surface area contributed by atoms with E-state index in [4.69, 9.17) is 0 Å². The van der Waals surface area contributed by atoms with Crippen LogP contribution in [0.4, 0.5) is 5.69 Å². The highest BCUT2D eigenvalue weighted by Crippen LogP contribution is 2.23. The van der Waals surface area contributed by atoms with E-state index >= 15 is 0 Å². The van der Waals surface area contributed by atoms with Crippen LogP contribution in [0.25, 0.3) is 0 Å². The van der Waals surface area contributed by atoms with Crippen LogP contribution in [-0.2, 0) is 13.0 Å². The number of carbonyl (C=O) groups is 2. The Balaban J connectivity index is 1.87. The van der Waals surface area contributed by atoms with Crippen LogP contribution in [-0.4, -0.2) is 27.9 Å². The smallest absolute Gasteiger partial charge is 0.287 e. The first kappa shape index (κ1) is 19.1. The first-order valence-electron chi connectivity index (χ1n) is 9.77. The average molecular weight is 368 g/mol. The third-order valence-corrected chi connectivity index (χ3v) is 4.99. The van der Waals surface area contributed by atoms with E-state index in [1.165, 1.54) is 0 Å². The molecular weight excluding hydrogens is 340 g/mol. The van der Waals surface area contributed by atoms with Crippen LogP contribution in [0.2, 0.25) is 0 Å². The van der Waals surface area contributed by atoms with Crippen LogP contribution < -0.4 is 10.6 Å². The standard InChI is InChI=1S/C21H28N4O2/c1-4-5-11-22-21(27)19-24-18(17-8-6-7-12-25(17)19)20(26)23-16-13-14(2)9-10-15(16)3/h9-10,13H,4-8,11-12H2,1-3H3,(H,22,27)(H,23,26). The van der Waals surface area contributed by atoms with Crippen molar-refractivity contribution in [3.8, 4) is 0 Å². The molecule has 0 atom stereocenters. The van der Waals surface area contributed by atoms with Gasteiger partial charge in [0.2, 0.25) is 0 Å². The van der Waals surface area contributed by atoms with Crippen molar-refractivity contribution in [3.63, 3.8) is 0 Å². The zero-order valence-corrected chi connectivity index (χ0v) is 16.4. The van der Waals surface area contributed by atoms with Gasteiger partial charge in [-0.2, -0.15) is 0 Å². The Bertz CT molecular complexity index is 854. The number of aryl methyl sites for hydroxylation is 2. The fraction of sp³-hybridized carbons (Fsp3) is 0.476. The van der Waals surface area contributed by atoms with E-state index in [2.05, 4.69) is 22.5 Å². The van der Waals surface area contributed by atoms with Crippen molar-refractivity contribution in [2.24, 2.45) is 0 Å². The van der Waals surface area contributed by atoms with Crippen molar-refractivity contribution in [1.82, 2.24) is 14.9 Å². The molecule has 1 aromatic carbocycles. The number of fused-ring (bicyclic) bond motifs is 1. The van der Waals surface area contributed by atoms with Crippen molar-refractivity contribution < 1.29 is 9.59 Å². The molecule has 1 aromatic heterocycles. The first-order valence-corrected chi connectivity index (χ1v) is 9.77. The lowest BCUT2D eigenvalue weighted by atomic mass is 10.1. The molecule has 6 heteroatoms. The summed E-state index contributed by atoms with van der Waals surface area (Å²) in [5, 5.41) is 5.89. The average Bonchev–Trinajstić information content (AvgIpc) is 3.05. The lowest BCUT2D eigenvalue weighted by molar-refractivity contribution is 0.0937. The maximum absolute atomic E-state index is 12.9. The van der Waals surface area contributed by atoms with Gasteiger partial charge in [0.1, 0.15) is 0 Å². The number of benzene rings is 1. The van der Waals surface area contributed by atoms with Crippen LogP contribution in [0.3, 0.4) is 0 Å². The molecule has 0 unspecified atom stereocenters. The van der Waals surface area contributed by atoms with Gasteiger partial charge in [-0.3, -0.25) is 9.59 Å². The molecule has 27 heavy (non-hydrogen) atoms. The van der Waals surface area contributed by atoms with Gasteiger partial charge in [0.05, 0.1) is 5.69 Å². The van der Waals surface area contributed by atoms with Crippen LogP contribution >= 0.6 is 0 Å². The van der Waals surface area contributed by atoms with Gasteiger partial charge >= 0.3 is 0 Å². The molecule has 0 aliphatic carbocycles. The van der Waals surface area contributed by atoms with Crippen molar-refractivity contribution in [2.75, 3.05) is 11.9 Å². The number of imidazole rings is 1. The predicted molar refractivity (Wildman–Crippen MR) is 106 cm³/mol. The summed E-state index contributed by atoms with van der Waals surface area (Å²) in [6.07, 6.45) is 4.72. The largest absolute Gasteiger partial charge is 0.349 e. The summed E-state index contributed by atoms with van der Waals surface area (Å²) in [5.74, 6) is -0.0914. The van der Waals surface area contributed by atoms with E-state index in [9.17, 15) is 9.59 Å². The number of aromatic nitrogens is 2. The van der Waals surface area contributed by atoms with Gasteiger partial charge in [-0.15, -0.1) is 0 Å². The summed E-state index contributed by atoms with van der Waals surface area (Å²) in [6, 6.07) is 5.95. The number of unbranched alkanes of at least 4 members (excludes halogenated alkanes) is 1.